The quantitative estimate of drug-likeness (QED) is 0.871. The lowest BCUT2D eigenvalue weighted by Crippen LogP contribution is -2.27. The largest absolute Gasteiger partial charge is 0.381 e. The minimum absolute atomic E-state index is 0.414. The van der Waals surface area contributed by atoms with E-state index in [1.54, 1.807) is 0 Å². The lowest BCUT2D eigenvalue weighted by Gasteiger charge is -2.18. The molecule has 2 saturated heterocycles. The molecule has 0 saturated carbocycles. The third kappa shape index (κ3) is 3.52. The van der Waals surface area contributed by atoms with Gasteiger partial charge >= 0.3 is 0 Å². The van der Waals surface area contributed by atoms with Crippen LogP contribution in [0, 0.1) is 0 Å². The summed E-state index contributed by atoms with van der Waals surface area (Å²) in [5.74, 6) is 2.03. The van der Waals surface area contributed by atoms with Crippen LogP contribution in [0.5, 0.6) is 0 Å². The Labute approximate surface area is 113 Å². The molecule has 0 radical (unpaired) electrons. The van der Waals surface area contributed by atoms with E-state index in [-0.39, 0.29) is 0 Å². The summed E-state index contributed by atoms with van der Waals surface area (Å²) in [6.07, 6.45) is 3.19. The van der Waals surface area contributed by atoms with Crippen molar-refractivity contribution in [3.05, 3.63) is 11.7 Å². The van der Waals surface area contributed by atoms with Crippen LogP contribution in [0.25, 0.3) is 0 Å². The van der Waals surface area contributed by atoms with E-state index in [1.165, 1.54) is 6.42 Å². The molecule has 0 amide bonds. The van der Waals surface area contributed by atoms with Gasteiger partial charge in [-0.05, 0) is 32.4 Å². The number of ether oxygens (including phenoxy) is 1. The predicted octanol–water partition coefficient (Wildman–Crippen LogP) is 0.759. The lowest BCUT2D eigenvalue weighted by molar-refractivity contribution is 0.0830. The van der Waals surface area contributed by atoms with E-state index in [4.69, 9.17) is 9.26 Å². The van der Waals surface area contributed by atoms with E-state index in [0.29, 0.717) is 5.92 Å². The van der Waals surface area contributed by atoms with E-state index in [1.807, 2.05) is 0 Å². The summed E-state index contributed by atoms with van der Waals surface area (Å²) in [4.78, 5) is 6.94. The smallest absolute Gasteiger partial charge is 0.240 e. The summed E-state index contributed by atoms with van der Waals surface area (Å²) in [6, 6.07) is 0. The van der Waals surface area contributed by atoms with Gasteiger partial charge in [-0.1, -0.05) is 5.16 Å². The highest BCUT2D eigenvalue weighted by Gasteiger charge is 2.22. The molecule has 0 aliphatic carbocycles. The molecule has 106 valence electrons. The fourth-order valence-electron chi connectivity index (χ4n) is 2.70. The summed E-state index contributed by atoms with van der Waals surface area (Å²) in [6.45, 7) is 6.70. The molecule has 3 rings (SSSR count). The first-order chi connectivity index (χ1) is 9.42. The van der Waals surface area contributed by atoms with Crippen molar-refractivity contribution in [2.75, 3.05) is 39.4 Å². The van der Waals surface area contributed by atoms with Crippen LogP contribution in [0.2, 0.25) is 0 Å². The van der Waals surface area contributed by atoms with Crippen molar-refractivity contribution < 1.29 is 9.26 Å². The van der Waals surface area contributed by atoms with Crippen molar-refractivity contribution in [3.8, 4) is 0 Å². The van der Waals surface area contributed by atoms with Gasteiger partial charge in [-0.3, -0.25) is 4.90 Å². The number of hydrogen-bond donors (Lipinski definition) is 1. The Morgan fingerprint density at radius 1 is 1.21 bits per heavy atom. The number of nitrogens with zero attached hydrogens (tertiary/aromatic N) is 3. The topological polar surface area (TPSA) is 63.4 Å². The predicted molar refractivity (Wildman–Crippen MR) is 69.9 cm³/mol. The molecular formula is C13H22N4O2. The van der Waals surface area contributed by atoms with Crippen LogP contribution in [0.15, 0.2) is 4.52 Å². The summed E-state index contributed by atoms with van der Waals surface area (Å²) < 4.78 is 10.8. The highest BCUT2D eigenvalue weighted by Crippen LogP contribution is 2.24. The fourth-order valence-corrected chi connectivity index (χ4v) is 2.70. The molecule has 1 N–H and O–H groups in total. The van der Waals surface area contributed by atoms with E-state index >= 15 is 0 Å². The Morgan fingerprint density at radius 3 is 3.00 bits per heavy atom. The van der Waals surface area contributed by atoms with Gasteiger partial charge in [-0.25, -0.2) is 0 Å². The minimum atomic E-state index is 0.414. The molecule has 6 heteroatoms. The van der Waals surface area contributed by atoms with Crippen LogP contribution in [0.3, 0.4) is 0 Å². The lowest BCUT2D eigenvalue weighted by atomic mass is 10.00. The summed E-state index contributed by atoms with van der Waals surface area (Å²) in [5, 5.41) is 7.54. The second kappa shape index (κ2) is 6.45. The summed E-state index contributed by atoms with van der Waals surface area (Å²) >= 11 is 0. The molecular weight excluding hydrogens is 244 g/mol. The third-order valence-corrected chi connectivity index (χ3v) is 3.86. The number of nitrogens with one attached hydrogen (secondary N) is 1. The maximum atomic E-state index is 5.40. The van der Waals surface area contributed by atoms with Crippen LogP contribution >= 0.6 is 0 Å². The van der Waals surface area contributed by atoms with E-state index in [9.17, 15) is 0 Å². The first-order valence-electron chi connectivity index (χ1n) is 7.25. The maximum Gasteiger partial charge on any atom is 0.240 e. The van der Waals surface area contributed by atoms with Crippen LogP contribution in [0.4, 0.5) is 0 Å². The molecule has 1 aromatic heterocycles. The van der Waals surface area contributed by atoms with Crippen LogP contribution < -0.4 is 5.32 Å². The maximum absolute atomic E-state index is 5.40. The zero-order valence-electron chi connectivity index (χ0n) is 11.3. The summed E-state index contributed by atoms with van der Waals surface area (Å²) in [7, 11) is 0. The average Bonchev–Trinajstić information content (AvgIpc) is 2.76. The molecule has 2 fully saturated rings. The monoisotopic (exact) mass is 266 g/mol. The normalized spacial score (nSPS) is 23.4. The molecule has 0 atom stereocenters. The van der Waals surface area contributed by atoms with Crippen molar-refractivity contribution in [2.24, 2.45) is 0 Å². The van der Waals surface area contributed by atoms with Gasteiger partial charge in [0, 0.05) is 32.2 Å². The molecule has 2 aliphatic heterocycles. The molecule has 2 aliphatic rings. The van der Waals surface area contributed by atoms with Crippen LogP contribution in [-0.4, -0.2) is 54.4 Å². The van der Waals surface area contributed by atoms with Gasteiger partial charge in [-0.2, -0.15) is 4.98 Å². The van der Waals surface area contributed by atoms with Crippen molar-refractivity contribution in [2.45, 2.75) is 31.7 Å². The number of aromatic nitrogens is 2. The zero-order chi connectivity index (χ0) is 12.9. The highest BCUT2D eigenvalue weighted by atomic mass is 16.5. The van der Waals surface area contributed by atoms with Gasteiger partial charge in [0.1, 0.15) is 0 Å². The highest BCUT2D eigenvalue weighted by molar-refractivity contribution is 4.96. The zero-order valence-corrected chi connectivity index (χ0v) is 11.3. The van der Waals surface area contributed by atoms with Crippen LogP contribution in [0.1, 0.15) is 36.9 Å². The van der Waals surface area contributed by atoms with Crippen molar-refractivity contribution >= 4 is 0 Å². The molecule has 6 nitrogen and oxygen atoms in total. The molecule has 0 spiro atoms. The third-order valence-electron chi connectivity index (χ3n) is 3.86. The molecule has 19 heavy (non-hydrogen) atoms. The molecule has 0 aromatic carbocycles. The Morgan fingerprint density at radius 2 is 2.11 bits per heavy atom. The van der Waals surface area contributed by atoms with Crippen molar-refractivity contribution in [1.29, 1.82) is 0 Å². The molecule has 1 aromatic rings. The average molecular weight is 266 g/mol. The van der Waals surface area contributed by atoms with Gasteiger partial charge in [0.15, 0.2) is 5.82 Å². The number of rotatable bonds is 3. The Hall–Kier alpha value is -0.980. The first kappa shape index (κ1) is 13.0. The van der Waals surface area contributed by atoms with Crippen molar-refractivity contribution in [1.82, 2.24) is 20.4 Å². The Balaban J connectivity index is 1.57. The van der Waals surface area contributed by atoms with E-state index < -0.39 is 0 Å². The molecule has 3 heterocycles. The van der Waals surface area contributed by atoms with Gasteiger partial charge in [-0.15, -0.1) is 0 Å². The Bertz CT molecular complexity index is 382. The minimum Gasteiger partial charge on any atom is -0.381 e. The van der Waals surface area contributed by atoms with Gasteiger partial charge in [0.2, 0.25) is 5.89 Å². The fraction of sp³-hybridized carbons (Fsp3) is 0.846. The second-order valence-electron chi connectivity index (χ2n) is 5.31. The van der Waals surface area contributed by atoms with Gasteiger partial charge < -0.3 is 14.6 Å². The molecule has 0 bridgehead atoms. The van der Waals surface area contributed by atoms with Crippen molar-refractivity contribution in [3.63, 3.8) is 0 Å². The van der Waals surface area contributed by atoms with Gasteiger partial charge in [0.25, 0.3) is 0 Å². The summed E-state index contributed by atoms with van der Waals surface area (Å²) in [5.41, 5.74) is 0. The van der Waals surface area contributed by atoms with Gasteiger partial charge in [0.05, 0.1) is 6.54 Å². The first-order valence-corrected chi connectivity index (χ1v) is 7.25. The van der Waals surface area contributed by atoms with E-state index in [2.05, 4.69) is 20.4 Å². The number of hydrogen-bond acceptors (Lipinski definition) is 6. The van der Waals surface area contributed by atoms with Crippen LogP contribution in [-0.2, 0) is 11.3 Å². The molecule has 0 unspecified atom stereocenters. The standard InChI is InChI=1S/C13H22N4O2/c1-4-14-5-7-17(6-1)10-12-15-13(16-19-12)11-2-8-18-9-3-11/h11,14H,1-10H2. The second-order valence-corrected chi connectivity index (χ2v) is 5.31. The van der Waals surface area contributed by atoms with E-state index in [0.717, 1.165) is 70.5 Å². The Kier molecular flexibility index (Phi) is 4.42. The SMILES string of the molecule is C1CNCCN(Cc2nc(C3CCOCC3)no2)C1.